The van der Waals surface area contributed by atoms with E-state index in [9.17, 15) is 5.11 Å². The molecule has 1 aromatic carbocycles. The molecule has 0 saturated heterocycles. The highest BCUT2D eigenvalue weighted by Crippen LogP contribution is 2.29. The van der Waals surface area contributed by atoms with Crippen LogP contribution in [0.1, 0.15) is 24.7 Å². The Balaban J connectivity index is 2.05. The molecule has 3 rings (SSSR count). The lowest BCUT2D eigenvalue weighted by atomic mass is 10.1. The van der Waals surface area contributed by atoms with E-state index >= 15 is 0 Å². The number of hydrogen-bond donors (Lipinski definition) is 1. The van der Waals surface area contributed by atoms with E-state index < -0.39 is 0 Å². The number of aliphatic hydroxyl groups is 1. The van der Waals surface area contributed by atoms with Crippen molar-refractivity contribution in [2.75, 3.05) is 6.61 Å². The molecule has 1 atom stereocenters. The average molecular weight is 308 g/mol. The highest BCUT2D eigenvalue weighted by Gasteiger charge is 2.23. The van der Waals surface area contributed by atoms with E-state index in [2.05, 4.69) is 26.0 Å². The Morgan fingerprint density at radius 3 is 3.00 bits per heavy atom. The van der Waals surface area contributed by atoms with Crippen LogP contribution in [0.3, 0.4) is 0 Å². The molecule has 4 nitrogen and oxygen atoms in total. The van der Waals surface area contributed by atoms with Crippen LogP contribution in [-0.4, -0.2) is 26.5 Å². The molecule has 0 saturated carbocycles. The number of rotatable bonds is 2. The molecule has 1 aliphatic rings. The average Bonchev–Trinajstić information content (AvgIpc) is 2.82. The first-order chi connectivity index (χ1) is 8.79. The predicted octanol–water partition coefficient (Wildman–Crippen LogP) is 2.58. The lowest BCUT2D eigenvalue weighted by Gasteiger charge is -2.20. The summed E-state index contributed by atoms with van der Waals surface area (Å²) < 4.78 is 2.88. The Bertz CT molecular complexity index is 567. The van der Waals surface area contributed by atoms with Gasteiger partial charge in [-0.2, -0.15) is 5.10 Å². The van der Waals surface area contributed by atoms with Gasteiger partial charge in [0.25, 0.3) is 0 Å². The second kappa shape index (κ2) is 4.82. The van der Waals surface area contributed by atoms with E-state index in [1.807, 2.05) is 28.9 Å². The summed E-state index contributed by atoms with van der Waals surface area (Å²) in [6.45, 7) is 0.131. The standard InChI is InChI=1S/C13H14BrN3O/c14-11-6-2-1-5-10(11)13-15-12-7-3-4-9(8-18)17(12)16-13/h1-2,5-6,9,18H,3-4,7-8H2. The minimum Gasteiger partial charge on any atom is -0.394 e. The van der Waals surface area contributed by atoms with Gasteiger partial charge in [-0.25, -0.2) is 9.67 Å². The fourth-order valence-corrected chi connectivity index (χ4v) is 2.82. The van der Waals surface area contributed by atoms with Gasteiger partial charge in [-0.3, -0.25) is 0 Å². The zero-order valence-corrected chi connectivity index (χ0v) is 11.5. The normalized spacial score (nSPS) is 18.7. The first-order valence-corrected chi connectivity index (χ1v) is 6.90. The number of hydrogen-bond acceptors (Lipinski definition) is 3. The van der Waals surface area contributed by atoms with E-state index in [0.717, 1.165) is 40.9 Å². The topological polar surface area (TPSA) is 50.9 Å². The molecule has 1 unspecified atom stereocenters. The number of halogens is 1. The van der Waals surface area contributed by atoms with Crippen molar-refractivity contribution >= 4 is 15.9 Å². The summed E-state index contributed by atoms with van der Waals surface area (Å²) in [5.41, 5.74) is 0.996. The fourth-order valence-electron chi connectivity index (χ4n) is 2.36. The van der Waals surface area contributed by atoms with Crippen molar-refractivity contribution in [3.63, 3.8) is 0 Å². The molecule has 1 N–H and O–H groups in total. The summed E-state index contributed by atoms with van der Waals surface area (Å²) in [6.07, 6.45) is 2.98. The molecule has 0 aliphatic carbocycles. The molecular weight excluding hydrogens is 294 g/mol. The van der Waals surface area contributed by atoms with Crippen molar-refractivity contribution in [2.24, 2.45) is 0 Å². The van der Waals surface area contributed by atoms with Crippen molar-refractivity contribution in [2.45, 2.75) is 25.3 Å². The van der Waals surface area contributed by atoms with Gasteiger partial charge in [-0.05, 0) is 25.0 Å². The molecule has 18 heavy (non-hydrogen) atoms. The highest BCUT2D eigenvalue weighted by atomic mass is 79.9. The fraction of sp³-hybridized carbons (Fsp3) is 0.385. The van der Waals surface area contributed by atoms with Gasteiger partial charge in [-0.1, -0.05) is 28.1 Å². The van der Waals surface area contributed by atoms with Crippen LogP contribution < -0.4 is 0 Å². The largest absolute Gasteiger partial charge is 0.394 e. The van der Waals surface area contributed by atoms with Crippen LogP contribution in [0.5, 0.6) is 0 Å². The predicted molar refractivity (Wildman–Crippen MR) is 72.2 cm³/mol. The number of aryl methyl sites for hydroxylation is 1. The molecule has 2 aromatic rings. The van der Waals surface area contributed by atoms with E-state index in [1.165, 1.54) is 0 Å². The molecule has 0 fully saturated rings. The van der Waals surface area contributed by atoms with E-state index in [-0.39, 0.29) is 12.6 Å². The number of fused-ring (bicyclic) bond motifs is 1. The zero-order valence-electron chi connectivity index (χ0n) is 9.88. The van der Waals surface area contributed by atoms with Crippen LogP contribution in [0.25, 0.3) is 11.4 Å². The molecule has 94 valence electrons. The third kappa shape index (κ3) is 1.97. The summed E-state index contributed by atoms with van der Waals surface area (Å²) in [4.78, 5) is 4.59. The summed E-state index contributed by atoms with van der Waals surface area (Å²) in [5, 5.41) is 13.9. The Morgan fingerprint density at radius 2 is 2.22 bits per heavy atom. The number of benzene rings is 1. The summed E-state index contributed by atoms with van der Waals surface area (Å²) in [7, 11) is 0. The summed E-state index contributed by atoms with van der Waals surface area (Å²) in [5.74, 6) is 1.71. The van der Waals surface area contributed by atoms with Gasteiger partial charge in [0.05, 0.1) is 12.6 Å². The molecule has 2 heterocycles. The highest BCUT2D eigenvalue weighted by molar-refractivity contribution is 9.10. The minimum absolute atomic E-state index is 0.0810. The van der Waals surface area contributed by atoms with Gasteiger partial charge >= 0.3 is 0 Å². The van der Waals surface area contributed by atoms with Gasteiger partial charge in [0.1, 0.15) is 5.82 Å². The third-order valence-corrected chi connectivity index (χ3v) is 4.00. The van der Waals surface area contributed by atoms with Gasteiger partial charge < -0.3 is 5.11 Å². The van der Waals surface area contributed by atoms with E-state index in [1.54, 1.807) is 0 Å². The van der Waals surface area contributed by atoms with Gasteiger partial charge in [-0.15, -0.1) is 0 Å². The van der Waals surface area contributed by atoms with Gasteiger partial charge in [0.15, 0.2) is 5.82 Å². The maximum atomic E-state index is 9.37. The number of nitrogens with zero attached hydrogens (tertiary/aromatic N) is 3. The Labute approximate surface area is 114 Å². The Morgan fingerprint density at radius 1 is 1.39 bits per heavy atom. The van der Waals surface area contributed by atoms with Gasteiger partial charge in [0.2, 0.25) is 0 Å². The van der Waals surface area contributed by atoms with Crippen LogP contribution in [0.15, 0.2) is 28.7 Å². The van der Waals surface area contributed by atoms with E-state index in [0.29, 0.717) is 0 Å². The lowest BCUT2D eigenvalue weighted by molar-refractivity contribution is 0.195. The smallest absolute Gasteiger partial charge is 0.182 e. The SMILES string of the molecule is OCC1CCCc2nc(-c3ccccc3Br)nn21. The Hall–Kier alpha value is -1.20. The monoisotopic (exact) mass is 307 g/mol. The minimum atomic E-state index is 0.0810. The van der Waals surface area contributed by atoms with Crippen LogP contribution in [-0.2, 0) is 6.42 Å². The Kier molecular flexibility index (Phi) is 3.18. The first-order valence-electron chi connectivity index (χ1n) is 6.11. The van der Waals surface area contributed by atoms with Crippen LogP contribution in [0.4, 0.5) is 0 Å². The second-order valence-electron chi connectivity index (χ2n) is 4.50. The van der Waals surface area contributed by atoms with Crippen molar-refractivity contribution in [1.29, 1.82) is 0 Å². The van der Waals surface area contributed by atoms with Crippen LogP contribution >= 0.6 is 15.9 Å². The van der Waals surface area contributed by atoms with Crippen LogP contribution in [0.2, 0.25) is 0 Å². The van der Waals surface area contributed by atoms with Crippen LogP contribution in [0, 0.1) is 0 Å². The molecule has 1 aromatic heterocycles. The molecule has 0 radical (unpaired) electrons. The molecule has 0 spiro atoms. The lowest BCUT2D eigenvalue weighted by Crippen LogP contribution is -2.21. The summed E-state index contributed by atoms with van der Waals surface area (Å²) in [6, 6.07) is 8.01. The van der Waals surface area contributed by atoms with Crippen molar-refractivity contribution in [3.05, 3.63) is 34.6 Å². The van der Waals surface area contributed by atoms with E-state index in [4.69, 9.17) is 0 Å². The maximum Gasteiger partial charge on any atom is 0.182 e. The van der Waals surface area contributed by atoms with Crippen molar-refractivity contribution < 1.29 is 5.11 Å². The van der Waals surface area contributed by atoms with Crippen molar-refractivity contribution in [3.8, 4) is 11.4 Å². The summed E-state index contributed by atoms with van der Waals surface area (Å²) >= 11 is 3.52. The number of aliphatic hydroxyl groups excluding tert-OH is 1. The molecule has 1 aliphatic heterocycles. The molecule has 0 amide bonds. The molecule has 5 heteroatoms. The van der Waals surface area contributed by atoms with Crippen molar-refractivity contribution in [1.82, 2.24) is 14.8 Å². The third-order valence-electron chi connectivity index (χ3n) is 3.31. The second-order valence-corrected chi connectivity index (χ2v) is 5.36. The maximum absolute atomic E-state index is 9.37. The first kappa shape index (κ1) is 11.9. The number of aromatic nitrogens is 3. The quantitative estimate of drug-likeness (QED) is 0.928. The molecule has 0 bridgehead atoms. The zero-order chi connectivity index (χ0) is 12.5. The van der Waals surface area contributed by atoms with Gasteiger partial charge in [0, 0.05) is 16.5 Å². The molecular formula is C13H14BrN3O.